The topological polar surface area (TPSA) is 88.8 Å². The minimum Gasteiger partial charge on any atom is -0.464 e. The average molecular weight is 292 g/mol. The highest BCUT2D eigenvalue weighted by atomic mass is 16.5. The minimum absolute atomic E-state index is 0.0705. The van der Waals surface area contributed by atoms with Gasteiger partial charge in [-0.15, -0.1) is 0 Å². The number of pyridine rings is 1. The minimum atomic E-state index is -0.489. The monoisotopic (exact) mass is 292 g/mol. The van der Waals surface area contributed by atoms with E-state index in [9.17, 15) is 9.59 Å². The molecule has 1 amide bonds. The number of rotatable bonds is 2. The van der Waals surface area contributed by atoms with E-state index in [2.05, 4.69) is 9.72 Å². The van der Waals surface area contributed by atoms with Crippen molar-refractivity contribution in [3.8, 4) is 0 Å². The van der Waals surface area contributed by atoms with E-state index in [1.54, 1.807) is 24.0 Å². The Morgan fingerprint density at radius 1 is 1.24 bits per heavy atom. The molecule has 0 aromatic carbocycles. The fraction of sp³-hybridized carbons (Fsp3) is 0.500. The summed E-state index contributed by atoms with van der Waals surface area (Å²) in [6.45, 7) is 4.30. The molecule has 1 aliphatic heterocycles. The molecule has 2 heterocycles. The highest BCUT2D eigenvalue weighted by Gasteiger charge is 2.20. The van der Waals surface area contributed by atoms with E-state index < -0.39 is 5.97 Å². The molecule has 0 radical (unpaired) electrons. The number of esters is 1. The van der Waals surface area contributed by atoms with Crippen LogP contribution in [-0.4, -0.2) is 55.0 Å². The Balaban J connectivity index is 2.21. The number of nitrogen functional groups attached to an aromatic ring is 1. The molecule has 1 fully saturated rings. The Hall–Kier alpha value is -2.31. The number of amides is 1. The molecule has 1 aromatic heterocycles. The summed E-state index contributed by atoms with van der Waals surface area (Å²) in [5.74, 6) is 0.154. The Morgan fingerprint density at radius 2 is 2.00 bits per heavy atom. The number of hydrogen-bond acceptors (Lipinski definition) is 6. The molecule has 1 aliphatic rings. The van der Waals surface area contributed by atoms with Gasteiger partial charge >= 0.3 is 5.97 Å². The van der Waals surface area contributed by atoms with Gasteiger partial charge in [-0.3, -0.25) is 4.79 Å². The molecule has 0 atom stereocenters. The van der Waals surface area contributed by atoms with E-state index in [1.807, 2.05) is 4.90 Å². The van der Waals surface area contributed by atoms with Gasteiger partial charge in [-0.05, 0) is 18.6 Å². The molecule has 7 heteroatoms. The van der Waals surface area contributed by atoms with Crippen LogP contribution in [0.15, 0.2) is 12.1 Å². The largest absolute Gasteiger partial charge is 0.464 e. The number of aromatic nitrogens is 1. The molecule has 0 spiro atoms. The Bertz CT molecular complexity index is 547. The fourth-order valence-corrected chi connectivity index (χ4v) is 2.37. The van der Waals surface area contributed by atoms with Crippen molar-refractivity contribution >= 4 is 23.4 Å². The van der Waals surface area contributed by atoms with Crippen LogP contribution >= 0.6 is 0 Å². The normalized spacial score (nSPS) is 15.5. The van der Waals surface area contributed by atoms with Gasteiger partial charge < -0.3 is 20.3 Å². The van der Waals surface area contributed by atoms with Crippen LogP contribution in [0.5, 0.6) is 0 Å². The lowest BCUT2D eigenvalue weighted by Gasteiger charge is -2.23. The van der Waals surface area contributed by atoms with E-state index in [-0.39, 0.29) is 11.6 Å². The summed E-state index contributed by atoms with van der Waals surface area (Å²) >= 11 is 0. The number of anilines is 2. The molecule has 2 rings (SSSR count). The third-order valence-electron chi connectivity index (χ3n) is 3.54. The van der Waals surface area contributed by atoms with Crippen LogP contribution in [0.1, 0.15) is 23.8 Å². The molecule has 0 bridgehead atoms. The molecule has 0 aliphatic carbocycles. The molecule has 2 N–H and O–H groups in total. The zero-order valence-corrected chi connectivity index (χ0v) is 12.3. The van der Waals surface area contributed by atoms with Crippen molar-refractivity contribution in [2.75, 3.05) is 43.9 Å². The van der Waals surface area contributed by atoms with Gasteiger partial charge in [-0.25, -0.2) is 9.78 Å². The summed E-state index contributed by atoms with van der Waals surface area (Å²) in [6.07, 6.45) is 0.836. The van der Waals surface area contributed by atoms with Gasteiger partial charge in [-0.2, -0.15) is 0 Å². The van der Waals surface area contributed by atoms with Crippen LogP contribution in [0.3, 0.4) is 0 Å². The third-order valence-corrected chi connectivity index (χ3v) is 3.54. The number of nitrogens with two attached hydrogens (primary N) is 1. The highest BCUT2D eigenvalue weighted by molar-refractivity contribution is 5.88. The molecule has 0 saturated carbocycles. The number of carbonyl (C=O) groups excluding carboxylic acids is 2. The zero-order chi connectivity index (χ0) is 15.4. The van der Waals surface area contributed by atoms with Crippen molar-refractivity contribution in [3.63, 3.8) is 0 Å². The molecular weight excluding hydrogens is 272 g/mol. The van der Waals surface area contributed by atoms with Crippen LogP contribution in [0.25, 0.3) is 0 Å². The van der Waals surface area contributed by atoms with Gasteiger partial charge in [0.2, 0.25) is 5.91 Å². The summed E-state index contributed by atoms with van der Waals surface area (Å²) in [4.78, 5) is 31.1. The highest BCUT2D eigenvalue weighted by Crippen LogP contribution is 2.22. The molecule has 114 valence electrons. The summed E-state index contributed by atoms with van der Waals surface area (Å²) < 4.78 is 4.68. The van der Waals surface area contributed by atoms with Crippen molar-refractivity contribution in [1.29, 1.82) is 0 Å². The Morgan fingerprint density at radius 3 is 2.67 bits per heavy atom. The van der Waals surface area contributed by atoms with E-state index in [1.165, 1.54) is 7.11 Å². The second-order valence-corrected chi connectivity index (χ2v) is 4.95. The summed E-state index contributed by atoms with van der Waals surface area (Å²) in [6, 6.07) is 3.20. The summed E-state index contributed by atoms with van der Waals surface area (Å²) in [7, 11) is 1.32. The first-order valence-electron chi connectivity index (χ1n) is 6.88. The lowest BCUT2D eigenvalue weighted by atomic mass is 10.3. The van der Waals surface area contributed by atoms with Crippen LogP contribution < -0.4 is 10.6 Å². The quantitative estimate of drug-likeness (QED) is 0.799. The Kier molecular flexibility index (Phi) is 4.62. The lowest BCUT2D eigenvalue weighted by Crippen LogP contribution is -2.34. The zero-order valence-electron chi connectivity index (χ0n) is 12.3. The Labute approximate surface area is 123 Å². The van der Waals surface area contributed by atoms with Gasteiger partial charge in [-0.1, -0.05) is 0 Å². The maximum absolute atomic E-state index is 11.6. The molecule has 7 nitrogen and oxygen atoms in total. The molecule has 1 aromatic rings. The van der Waals surface area contributed by atoms with Crippen LogP contribution in [0.4, 0.5) is 11.5 Å². The first kappa shape index (κ1) is 15.1. The maximum Gasteiger partial charge on any atom is 0.356 e. The number of methoxy groups -OCH3 is 1. The van der Waals surface area contributed by atoms with Gasteiger partial charge in [0, 0.05) is 33.1 Å². The predicted octanol–water partition coefficient (Wildman–Crippen LogP) is 0.509. The smallest absolute Gasteiger partial charge is 0.356 e. The third kappa shape index (κ3) is 3.42. The van der Waals surface area contributed by atoms with Crippen molar-refractivity contribution in [2.24, 2.45) is 0 Å². The fourth-order valence-electron chi connectivity index (χ4n) is 2.37. The van der Waals surface area contributed by atoms with E-state index >= 15 is 0 Å². The molecule has 0 unspecified atom stereocenters. The SMILES string of the molecule is COC(=O)c1ccc(N)c(N2CCCN(C(C)=O)CC2)n1. The van der Waals surface area contributed by atoms with Crippen LogP contribution in [0, 0.1) is 0 Å². The van der Waals surface area contributed by atoms with E-state index in [0.717, 1.165) is 19.5 Å². The van der Waals surface area contributed by atoms with Gasteiger partial charge in [0.05, 0.1) is 12.8 Å². The standard InChI is InChI=1S/C14H20N4O3/c1-10(19)17-6-3-7-18(9-8-17)13-11(15)4-5-12(16-13)14(20)21-2/h4-5H,3,6-9,15H2,1-2H3. The van der Waals surface area contributed by atoms with Crippen LogP contribution in [0.2, 0.25) is 0 Å². The average Bonchev–Trinajstić information content (AvgIpc) is 2.73. The second kappa shape index (κ2) is 6.43. The van der Waals surface area contributed by atoms with E-state index in [4.69, 9.17) is 5.73 Å². The summed E-state index contributed by atoms with van der Waals surface area (Å²) in [5.41, 5.74) is 6.71. The number of nitrogens with zero attached hydrogens (tertiary/aromatic N) is 3. The van der Waals surface area contributed by atoms with Crippen molar-refractivity contribution in [2.45, 2.75) is 13.3 Å². The molecule has 1 saturated heterocycles. The van der Waals surface area contributed by atoms with Crippen molar-refractivity contribution < 1.29 is 14.3 Å². The van der Waals surface area contributed by atoms with Gasteiger partial charge in [0.15, 0.2) is 11.5 Å². The van der Waals surface area contributed by atoms with Crippen molar-refractivity contribution in [1.82, 2.24) is 9.88 Å². The van der Waals surface area contributed by atoms with Gasteiger partial charge in [0.25, 0.3) is 0 Å². The maximum atomic E-state index is 11.6. The number of ether oxygens (including phenoxy) is 1. The first-order chi connectivity index (χ1) is 10.0. The van der Waals surface area contributed by atoms with Gasteiger partial charge in [0.1, 0.15) is 0 Å². The lowest BCUT2D eigenvalue weighted by molar-refractivity contribution is -0.128. The molecule has 21 heavy (non-hydrogen) atoms. The number of hydrogen-bond donors (Lipinski definition) is 1. The van der Waals surface area contributed by atoms with E-state index in [0.29, 0.717) is 24.6 Å². The van der Waals surface area contributed by atoms with Crippen molar-refractivity contribution in [3.05, 3.63) is 17.8 Å². The second-order valence-electron chi connectivity index (χ2n) is 4.95. The molecular formula is C14H20N4O3. The predicted molar refractivity (Wildman–Crippen MR) is 79.1 cm³/mol. The number of carbonyl (C=O) groups is 2. The summed E-state index contributed by atoms with van der Waals surface area (Å²) in [5, 5.41) is 0. The van der Waals surface area contributed by atoms with Crippen LogP contribution in [-0.2, 0) is 9.53 Å². The first-order valence-corrected chi connectivity index (χ1v) is 6.88.